The number of esters is 1. The molecule has 1 unspecified atom stereocenters. The second-order valence-corrected chi connectivity index (χ2v) is 5.15. The Bertz CT molecular complexity index is 485. The van der Waals surface area contributed by atoms with Crippen molar-refractivity contribution in [3.63, 3.8) is 0 Å². The summed E-state index contributed by atoms with van der Waals surface area (Å²) in [4.78, 5) is 11.5. The quantitative estimate of drug-likeness (QED) is 0.613. The lowest BCUT2D eigenvalue weighted by molar-refractivity contribution is 0.0420. The molecule has 3 nitrogen and oxygen atoms in total. The van der Waals surface area contributed by atoms with E-state index in [0.29, 0.717) is 12.0 Å². The number of hydrogen-bond acceptors (Lipinski definition) is 3. The molecular formula is C16H21FO3. The van der Waals surface area contributed by atoms with Gasteiger partial charge < -0.3 is 9.47 Å². The first-order valence-electron chi connectivity index (χ1n) is 7.17. The van der Waals surface area contributed by atoms with Crippen LogP contribution >= 0.6 is 0 Å². The number of ether oxygens (including phenoxy) is 2. The van der Waals surface area contributed by atoms with Crippen molar-refractivity contribution in [2.75, 3.05) is 13.7 Å². The molecule has 0 saturated carbocycles. The van der Waals surface area contributed by atoms with Crippen molar-refractivity contribution in [1.29, 1.82) is 0 Å². The fourth-order valence-electron chi connectivity index (χ4n) is 2.58. The third kappa shape index (κ3) is 3.18. The molecule has 2 rings (SSSR count). The van der Waals surface area contributed by atoms with Crippen molar-refractivity contribution in [2.24, 2.45) is 0 Å². The Morgan fingerprint density at radius 3 is 2.95 bits per heavy atom. The Morgan fingerprint density at radius 1 is 1.45 bits per heavy atom. The van der Waals surface area contributed by atoms with E-state index >= 15 is 0 Å². The van der Waals surface area contributed by atoms with Gasteiger partial charge in [0.2, 0.25) is 0 Å². The van der Waals surface area contributed by atoms with Gasteiger partial charge in [-0.2, -0.15) is 0 Å². The van der Waals surface area contributed by atoms with Crippen LogP contribution in [-0.2, 0) is 22.3 Å². The van der Waals surface area contributed by atoms with E-state index < -0.39 is 11.8 Å². The third-order valence-corrected chi connectivity index (χ3v) is 3.76. The maximum Gasteiger partial charge on any atom is 0.340 e. The molecule has 0 fully saturated rings. The van der Waals surface area contributed by atoms with Gasteiger partial charge in [0.1, 0.15) is 5.82 Å². The minimum Gasteiger partial charge on any atom is -0.465 e. The van der Waals surface area contributed by atoms with E-state index in [-0.39, 0.29) is 11.7 Å². The van der Waals surface area contributed by atoms with Crippen molar-refractivity contribution in [1.82, 2.24) is 0 Å². The van der Waals surface area contributed by atoms with Gasteiger partial charge in [-0.1, -0.05) is 19.4 Å². The van der Waals surface area contributed by atoms with Gasteiger partial charge >= 0.3 is 5.97 Å². The summed E-state index contributed by atoms with van der Waals surface area (Å²) in [5.74, 6) is -1.05. The molecule has 1 aliphatic carbocycles. The van der Waals surface area contributed by atoms with Crippen LogP contribution in [0.3, 0.4) is 0 Å². The van der Waals surface area contributed by atoms with Crippen LogP contribution in [0.5, 0.6) is 0 Å². The van der Waals surface area contributed by atoms with E-state index in [0.717, 1.165) is 37.9 Å². The Balaban J connectivity index is 2.11. The molecule has 20 heavy (non-hydrogen) atoms. The number of unbranched alkanes of at least 4 members (excludes halogenated alkanes) is 1. The number of halogens is 1. The van der Waals surface area contributed by atoms with E-state index in [2.05, 4.69) is 11.7 Å². The van der Waals surface area contributed by atoms with Gasteiger partial charge in [-0.15, -0.1) is 0 Å². The molecule has 0 N–H and O–H groups in total. The van der Waals surface area contributed by atoms with Gasteiger partial charge in [0, 0.05) is 6.61 Å². The minimum atomic E-state index is -0.619. The molecule has 0 aliphatic heterocycles. The van der Waals surface area contributed by atoms with Crippen LogP contribution in [0.15, 0.2) is 12.1 Å². The lowest BCUT2D eigenvalue weighted by Crippen LogP contribution is -2.24. The average molecular weight is 280 g/mol. The Hall–Kier alpha value is -1.42. The first-order chi connectivity index (χ1) is 9.67. The van der Waals surface area contributed by atoms with Gasteiger partial charge in [0.05, 0.1) is 18.8 Å². The number of carbonyl (C=O) groups excluding carboxylic acids is 1. The summed E-state index contributed by atoms with van der Waals surface area (Å²) < 4.78 is 24.7. The second kappa shape index (κ2) is 6.84. The lowest BCUT2D eigenvalue weighted by Gasteiger charge is -2.25. The van der Waals surface area contributed by atoms with Crippen molar-refractivity contribution in [2.45, 2.75) is 45.1 Å². The van der Waals surface area contributed by atoms with Crippen LogP contribution in [0.25, 0.3) is 0 Å². The number of fused-ring (bicyclic) bond motifs is 1. The van der Waals surface area contributed by atoms with Gasteiger partial charge in [-0.25, -0.2) is 9.18 Å². The number of rotatable bonds is 5. The molecule has 0 saturated heterocycles. The molecule has 1 atom stereocenters. The zero-order valence-electron chi connectivity index (χ0n) is 12.1. The molecule has 110 valence electrons. The molecule has 0 amide bonds. The highest BCUT2D eigenvalue weighted by atomic mass is 19.1. The van der Waals surface area contributed by atoms with E-state index in [1.165, 1.54) is 13.2 Å². The Labute approximate surface area is 119 Å². The highest BCUT2D eigenvalue weighted by Crippen LogP contribution is 2.28. The van der Waals surface area contributed by atoms with Crippen LogP contribution in [-0.4, -0.2) is 25.8 Å². The number of carbonyl (C=O) groups is 1. The summed E-state index contributed by atoms with van der Waals surface area (Å²) in [5, 5.41) is 0. The fourth-order valence-corrected chi connectivity index (χ4v) is 2.58. The summed E-state index contributed by atoms with van der Waals surface area (Å²) in [6.07, 6.45) is 4.47. The Morgan fingerprint density at radius 2 is 2.25 bits per heavy atom. The van der Waals surface area contributed by atoms with Crippen molar-refractivity contribution in [3.05, 3.63) is 34.6 Å². The summed E-state index contributed by atoms with van der Waals surface area (Å²) in [5.41, 5.74) is 1.61. The average Bonchev–Trinajstić information content (AvgIpc) is 2.47. The van der Waals surface area contributed by atoms with E-state index in [9.17, 15) is 9.18 Å². The lowest BCUT2D eigenvalue weighted by atomic mass is 9.88. The minimum absolute atomic E-state index is 0.0246. The molecule has 1 aromatic rings. The second-order valence-electron chi connectivity index (χ2n) is 5.15. The van der Waals surface area contributed by atoms with Crippen LogP contribution in [0.2, 0.25) is 0 Å². The predicted octanol–water partition coefficient (Wildman–Crippen LogP) is 3.29. The molecule has 1 aliphatic rings. The maximum atomic E-state index is 14.3. The number of methoxy groups -OCH3 is 1. The molecule has 4 heteroatoms. The Kier molecular flexibility index (Phi) is 5.12. The predicted molar refractivity (Wildman–Crippen MR) is 74.4 cm³/mol. The summed E-state index contributed by atoms with van der Waals surface area (Å²) in [7, 11) is 1.26. The smallest absolute Gasteiger partial charge is 0.340 e. The fraction of sp³-hybridized carbons (Fsp3) is 0.562. The molecule has 0 bridgehead atoms. The normalized spacial score (nSPS) is 17.6. The SMILES string of the molecule is CCCCOC1CCc2c(ccc(C(=O)OC)c2F)C1. The van der Waals surface area contributed by atoms with Gasteiger partial charge in [-0.3, -0.25) is 0 Å². The van der Waals surface area contributed by atoms with Crippen molar-refractivity contribution < 1.29 is 18.7 Å². The highest BCUT2D eigenvalue weighted by Gasteiger charge is 2.25. The third-order valence-electron chi connectivity index (χ3n) is 3.76. The van der Waals surface area contributed by atoms with E-state index in [4.69, 9.17) is 4.74 Å². The van der Waals surface area contributed by atoms with Gasteiger partial charge in [0.15, 0.2) is 0 Å². The van der Waals surface area contributed by atoms with Crippen molar-refractivity contribution >= 4 is 5.97 Å². The molecule has 0 spiro atoms. The largest absolute Gasteiger partial charge is 0.465 e. The number of benzene rings is 1. The molecule has 0 heterocycles. The molecule has 1 aromatic carbocycles. The highest BCUT2D eigenvalue weighted by molar-refractivity contribution is 5.90. The summed E-state index contributed by atoms with van der Waals surface area (Å²) in [6, 6.07) is 3.33. The van der Waals surface area contributed by atoms with Crippen molar-refractivity contribution in [3.8, 4) is 0 Å². The first-order valence-corrected chi connectivity index (χ1v) is 7.17. The summed E-state index contributed by atoms with van der Waals surface area (Å²) in [6.45, 7) is 2.89. The van der Waals surface area contributed by atoms with Crippen LogP contribution in [0.4, 0.5) is 4.39 Å². The monoisotopic (exact) mass is 280 g/mol. The molecule has 0 aromatic heterocycles. The maximum absolute atomic E-state index is 14.3. The van der Waals surface area contributed by atoms with Crippen LogP contribution < -0.4 is 0 Å². The van der Waals surface area contributed by atoms with E-state index in [1.54, 1.807) is 0 Å². The molecular weight excluding hydrogens is 259 g/mol. The van der Waals surface area contributed by atoms with Crippen LogP contribution in [0, 0.1) is 5.82 Å². The van der Waals surface area contributed by atoms with Crippen LogP contribution in [0.1, 0.15) is 47.7 Å². The summed E-state index contributed by atoms with van der Waals surface area (Å²) >= 11 is 0. The van der Waals surface area contributed by atoms with Gasteiger partial charge in [-0.05, 0) is 42.9 Å². The molecule has 0 radical (unpaired) electrons. The topological polar surface area (TPSA) is 35.5 Å². The van der Waals surface area contributed by atoms with E-state index in [1.807, 2.05) is 6.07 Å². The first kappa shape index (κ1) is 15.0. The van der Waals surface area contributed by atoms with Gasteiger partial charge in [0.25, 0.3) is 0 Å². The zero-order chi connectivity index (χ0) is 14.5. The number of hydrogen-bond donors (Lipinski definition) is 0. The zero-order valence-corrected chi connectivity index (χ0v) is 12.1. The standard InChI is InChI=1S/C16H21FO3/c1-3-4-9-20-12-6-8-13-11(10-12)5-7-14(15(13)17)16(18)19-2/h5,7,12H,3-4,6,8-10H2,1-2H3.